The van der Waals surface area contributed by atoms with Crippen molar-refractivity contribution >= 4 is 29.5 Å². The molecule has 0 bridgehead atoms. The number of benzene rings is 1. The minimum atomic E-state index is -1.15. The first-order chi connectivity index (χ1) is 28.2. The second-order valence-corrected chi connectivity index (χ2v) is 23.7. The Morgan fingerprint density at radius 1 is 0.803 bits per heavy atom. The molecule has 2 unspecified atom stereocenters. The van der Waals surface area contributed by atoms with Gasteiger partial charge in [-0.2, -0.15) is 0 Å². The molecule has 2 amide bonds. The molecule has 0 aromatic heterocycles. The van der Waals surface area contributed by atoms with Crippen molar-refractivity contribution in [3.8, 4) is 0 Å². The Morgan fingerprint density at radius 3 is 2.08 bits per heavy atom. The van der Waals surface area contributed by atoms with Gasteiger partial charge in [-0.15, -0.1) is 0 Å². The fourth-order valence-electron chi connectivity index (χ4n) is 14.2. The molecule has 6 aliphatic carbocycles. The van der Waals surface area contributed by atoms with E-state index in [1.54, 1.807) is 13.8 Å². The van der Waals surface area contributed by atoms with Gasteiger partial charge >= 0.3 is 11.9 Å². The third-order valence-corrected chi connectivity index (χ3v) is 18.3. The maximum atomic E-state index is 14.3. The van der Waals surface area contributed by atoms with Gasteiger partial charge in [0.15, 0.2) is 5.78 Å². The number of carbonyl (C=O) groups excluding carboxylic acids is 5. The molecule has 5 saturated carbocycles. The van der Waals surface area contributed by atoms with Gasteiger partial charge < -0.3 is 20.1 Å². The van der Waals surface area contributed by atoms with Crippen molar-refractivity contribution in [3.05, 3.63) is 47.0 Å². The highest BCUT2D eigenvalue weighted by atomic mass is 16.5. The molecule has 0 radical (unpaired) electrons. The van der Waals surface area contributed by atoms with Gasteiger partial charge in [-0.1, -0.05) is 106 Å². The average molecular weight is 841 g/mol. The Labute approximate surface area is 366 Å². The first kappa shape index (κ1) is 45.5. The number of carbonyl (C=O) groups is 5. The summed E-state index contributed by atoms with van der Waals surface area (Å²) >= 11 is 0. The SMILES string of the molecule is CC(C)C1=C2[C@H]3CCC4[C@@]5(C)CC[C@H](OC(=O)[C@H]6C[C@@H](C(=O)OCc7ccccc7)C6(C)C)[C@H](C)C5CC[C@@]4(C)[C@]3(C)CC[C@@]2(NC(=O)C(C)(C)NC(=O)C(C)(C)C)CC1=O. The zero-order valence-electron chi connectivity index (χ0n) is 39.6. The minimum Gasteiger partial charge on any atom is -0.462 e. The summed E-state index contributed by atoms with van der Waals surface area (Å²) in [5.41, 5.74) is -0.0339. The highest BCUT2D eigenvalue weighted by Gasteiger charge is 2.69. The first-order valence-corrected chi connectivity index (χ1v) is 23.6. The monoisotopic (exact) mass is 841 g/mol. The minimum absolute atomic E-state index is 0.0152. The Bertz CT molecular complexity index is 1980. The quantitative estimate of drug-likeness (QED) is 0.237. The number of nitrogens with one attached hydrogen (secondary N) is 2. The molecule has 9 heteroatoms. The maximum absolute atomic E-state index is 14.3. The van der Waals surface area contributed by atoms with Crippen molar-refractivity contribution in [1.82, 2.24) is 10.6 Å². The molecule has 9 nitrogen and oxygen atoms in total. The number of esters is 2. The smallest absolute Gasteiger partial charge is 0.309 e. The summed E-state index contributed by atoms with van der Waals surface area (Å²) in [5.74, 6) is -0.0648. The second kappa shape index (κ2) is 15.3. The Kier molecular flexibility index (Phi) is 11.5. The summed E-state index contributed by atoms with van der Waals surface area (Å²) in [4.78, 5) is 68.5. The first-order valence-electron chi connectivity index (χ1n) is 23.6. The standard InChI is InChI=1S/C52H76N2O7/c1-30(2)40-37(55)28-52(54-45(59)48(9,10)53-44(58)46(4,5)6)26-25-50(12)34(41(40)52)19-20-39-49(11)23-22-38(31(3)33(49)21-24-51(39,50)13)61-43(57)36-27-35(47(36,7)8)42(56)60-29-32-17-15-14-16-18-32/h14-18,30-31,33-36,38-39H,19-29H2,1-13H3,(H,53,58)(H,54,59)/t31-,33?,34-,35+,36-,38+,39?,49+,50-,51-,52-/m1/s1. The third-order valence-electron chi connectivity index (χ3n) is 18.3. The predicted octanol–water partition coefficient (Wildman–Crippen LogP) is 9.70. The van der Waals surface area contributed by atoms with Gasteiger partial charge in [0, 0.05) is 11.8 Å². The van der Waals surface area contributed by atoms with E-state index >= 15 is 0 Å². The largest absolute Gasteiger partial charge is 0.462 e. The van der Waals surface area contributed by atoms with Crippen molar-refractivity contribution in [2.75, 3.05) is 0 Å². The fraction of sp³-hybridized carbons (Fsp3) is 0.750. The molecule has 11 atom stereocenters. The van der Waals surface area contributed by atoms with Crippen LogP contribution in [0.2, 0.25) is 0 Å². The van der Waals surface area contributed by atoms with Crippen LogP contribution >= 0.6 is 0 Å². The molecule has 0 heterocycles. The highest BCUT2D eigenvalue weighted by molar-refractivity contribution is 6.03. The zero-order valence-corrected chi connectivity index (χ0v) is 39.6. The lowest BCUT2D eigenvalue weighted by Gasteiger charge is -2.71. The number of ether oxygens (including phenoxy) is 2. The molecule has 5 fully saturated rings. The molecule has 61 heavy (non-hydrogen) atoms. The summed E-state index contributed by atoms with van der Waals surface area (Å²) in [6.07, 6.45) is 8.19. The summed E-state index contributed by atoms with van der Waals surface area (Å²) in [5, 5.41) is 6.46. The van der Waals surface area contributed by atoms with Crippen LogP contribution in [0, 0.1) is 68.5 Å². The van der Waals surface area contributed by atoms with E-state index in [1.807, 2.05) is 65.0 Å². The second-order valence-electron chi connectivity index (χ2n) is 23.7. The number of hydrogen-bond donors (Lipinski definition) is 2. The van der Waals surface area contributed by atoms with Crippen LogP contribution in [0.15, 0.2) is 41.5 Å². The number of amides is 2. The van der Waals surface area contributed by atoms with Gasteiger partial charge in [0.1, 0.15) is 18.2 Å². The Balaban J connectivity index is 1.06. The number of Topliss-reactive ketones (excluding diaryl/α,β-unsaturated/α-hetero) is 1. The van der Waals surface area contributed by atoms with Crippen molar-refractivity contribution in [2.24, 2.45) is 68.5 Å². The van der Waals surface area contributed by atoms with E-state index < -0.39 is 21.9 Å². The predicted molar refractivity (Wildman–Crippen MR) is 236 cm³/mol. The van der Waals surface area contributed by atoms with Gasteiger partial charge in [0.05, 0.1) is 17.4 Å². The lowest BCUT2D eigenvalue weighted by molar-refractivity contribution is -0.218. The summed E-state index contributed by atoms with van der Waals surface area (Å²) < 4.78 is 12.2. The summed E-state index contributed by atoms with van der Waals surface area (Å²) in [7, 11) is 0. The van der Waals surface area contributed by atoms with Gasteiger partial charge in [-0.05, 0) is 140 Å². The number of allylic oxidation sites excluding steroid dienone is 1. The number of fused-ring (bicyclic) bond motifs is 7. The van der Waals surface area contributed by atoms with Gasteiger partial charge in [-0.25, -0.2) is 0 Å². The van der Waals surface area contributed by atoms with E-state index in [2.05, 4.69) is 52.2 Å². The van der Waals surface area contributed by atoms with E-state index in [0.717, 1.165) is 56.1 Å². The van der Waals surface area contributed by atoms with Crippen molar-refractivity contribution < 1.29 is 33.4 Å². The van der Waals surface area contributed by atoms with Crippen LogP contribution in [0.25, 0.3) is 0 Å². The topological polar surface area (TPSA) is 128 Å². The Hall–Kier alpha value is -3.49. The van der Waals surface area contributed by atoms with Crippen molar-refractivity contribution in [3.63, 3.8) is 0 Å². The van der Waals surface area contributed by atoms with Crippen LogP contribution in [-0.2, 0) is 40.1 Å². The van der Waals surface area contributed by atoms with E-state index in [-0.39, 0.29) is 94.5 Å². The molecule has 0 saturated heterocycles. The van der Waals surface area contributed by atoms with Crippen LogP contribution in [0.1, 0.15) is 160 Å². The number of hydrogen-bond acceptors (Lipinski definition) is 7. The summed E-state index contributed by atoms with van der Waals surface area (Å²) in [6, 6.07) is 9.68. The van der Waals surface area contributed by atoms with Gasteiger partial charge in [-0.3, -0.25) is 24.0 Å². The molecule has 2 N–H and O–H groups in total. The lowest BCUT2D eigenvalue weighted by atomic mass is 9.34. The van der Waals surface area contributed by atoms with Crippen LogP contribution in [0.4, 0.5) is 0 Å². The van der Waals surface area contributed by atoms with E-state index in [1.165, 1.54) is 5.57 Å². The van der Waals surface area contributed by atoms with E-state index in [4.69, 9.17) is 9.47 Å². The van der Waals surface area contributed by atoms with Crippen LogP contribution < -0.4 is 10.6 Å². The molecular weight excluding hydrogens is 765 g/mol. The van der Waals surface area contributed by atoms with E-state index in [9.17, 15) is 24.0 Å². The molecule has 7 rings (SSSR count). The number of ketones is 1. The van der Waals surface area contributed by atoms with Crippen molar-refractivity contribution in [2.45, 2.75) is 178 Å². The highest BCUT2D eigenvalue weighted by Crippen LogP contribution is 2.75. The average Bonchev–Trinajstić information content (AvgIpc) is 3.46. The fourth-order valence-corrected chi connectivity index (χ4v) is 14.2. The molecule has 0 aliphatic heterocycles. The Morgan fingerprint density at radius 2 is 1.46 bits per heavy atom. The van der Waals surface area contributed by atoms with Crippen LogP contribution in [0.5, 0.6) is 0 Å². The lowest BCUT2D eigenvalue weighted by Crippen LogP contribution is -2.68. The number of rotatable bonds is 9. The van der Waals surface area contributed by atoms with Crippen LogP contribution in [0.3, 0.4) is 0 Å². The normalized spacial score (nSPS) is 37.9. The molecule has 336 valence electrons. The molecule has 0 spiro atoms. The summed E-state index contributed by atoms with van der Waals surface area (Å²) in [6.45, 7) is 27.4. The maximum Gasteiger partial charge on any atom is 0.309 e. The van der Waals surface area contributed by atoms with E-state index in [0.29, 0.717) is 24.7 Å². The molecule has 1 aromatic rings. The third kappa shape index (κ3) is 7.31. The molecule has 6 aliphatic rings. The van der Waals surface area contributed by atoms with Gasteiger partial charge in [0.2, 0.25) is 11.8 Å². The van der Waals surface area contributed by atoms with Crippen LogP contribution in [-0.4, -0.2) is 46.7 Å². The zero-order chi connectivity index (χ0) is 44.9. The molecule has 1 aromatic carbocycles. The van der Waals surface area contributed by atoms with Crippen molar-refractivity contribution in [1.29, 1.82) is 0 Å². The van der Waals surface area contributed by atoms with Gasteiger partial charge in [0.25, 0.3) is 0 Å². The molecular formula is C52H76N2O7.